The fourth-order valence-corrected chi connectivity index (χ4v) is 3.60. The third kappa shape index (κ3) is 3.60. The van der Waals surface area contributed by atoms with Crippen LogP contribution in [0.15, 0.2) is 66.2 Å². The van der Waals surface area contributed by atoms with Crippen LogP contribution in [0.2, 0.25) is 0 Å². The van der Waals surface area contributed by atoms with Gasteiger partial charge in [-0.15, -0.1) is 0 Å². The molecular weight excluding hydrogens is 356 g/mol. The molecule has 2 aromatic carbocycles. The van der Waals surface area contributed by atoms with E-state index in [-0.39, 0.29) is 11.4 Å². The van der Waals surface area contributed by atoms with Gasteiger partial charge >= 0.3 is 11.9 Å². The average molecular weight is 376 g/mol. The SMILES string of the molecule is O=C1OC2(CCCC2)OC(=O)C1=CCc1ccc(C(=O)c2ccccc2)cc1. The van der Waals surface area contributed by atoms with Gasteiger partial charge in [-0.25, -0.2) is 9.59 Å². The number of esters is 2. The molecule has 4 rings (SSSR count). The Kier molecular flexibility index (Phi) is 4.82. The number of hydrogen-bond acceptors (Lipinski definition) is 5. The molecule has 2 aromatic rings. The van der Waals surface area contributed by atoms with Gasteiger partial charge in [0.25, 0.3) is 5.79 Å². The molecule has 2 aliphatic rings. The van der Waals surface area contributed by atoms with E-state index in [1.54, 1.807) is 24.3 Å². The van der Waals surface area contributed by atoms with Crippen molar-refractivity contribution in [1.82, 2.24) is 0 Å². The average Bonchev–Trinajstić information content (AvgIpc) is 3.15. The summed E-state index contributed by atoms with van der Waals surface area (Å²) in [6, 6.07) is 16.2. The summed E-state index contributed by atoms with van der Waals surface area (Å²) in [4.78, 5) is 36.9. The Morgan fingerprint density at radius 2 is 1.43 bits per heavy atom. The number of rotatable bonds is 4. The molecule has 0 amide bonds. The molecule has 1 aliphatic heterocycles. The van der Waals surface area contributed by atoms with Gasteiger partial charge in [-0.2, -0.15) is 0 Å². The maximum atomic E-state index is 12.4. The van der Waals surface area contributed by atoms with Crippen LogP contribution in [0, 0.1) is 0 Å². The molecule has 142 valence electrons. The third-order valence-electron chi connectivity index (χ3n) is 5.16. The topological polar surface area (TPSA) is 69.7 Å². The van der Waals surface area contributed by atoms with Crippen LogP contribution in [-0.2, 0) is 25.5 Å². The van der Waals surface area contributed by atoms with E-state index in [1.807, 2.05) is 30.3 Å². The van der Waals surface area contributed by atoms with Gasteiger partial charge < -0.3 is 9.47 Å². The second-order valence-corrected chi connectivity index (χ2v) is 7.11. The molecular formula is C23H20O5. The van der Waals surface area contributed by atoms with E-state index < -0.39 is 17.7 Å². The second-order valence-electron chi connectivity index (χ2n) is 7.11. The monoisotopic (exact) mass is 376 g/mol. The Bertz CT molecular complexity index is 913. The summed E-state index contributed by atoms with van der Waals surface area (Å²) in [5, 5.41) is 0. The first-order valence-electron chi connectivity index (χ1n) is 9.42. The highest BCUT2D eigenvalue weighted by Gasteiger charge is 2.47. The number of carbonyl (C=O) groups is 3. The van der Waals surface area contributed by atoms with Gasteiger partial charge in [-0.1, -0.05) is 60.7 Å². The number of allylic oxidation sites excluding steroid dienone is 1. The lowest BCUT2D eigenvalue weighted by atomic mass is 10.0. The highest BCUT2D eigenvalue weighted by molar-refractivity contribution is 6.15. The molecule has 0 radical (unpaired) electrons. The molecule has 2 fully saturated rings. The third-order valence-corrected chi connectivity index (χ3v) is 5.16. The molecule has 5 heteroatoms. The van der Waals surface area contributed by atoms with E-state index in [0.29, 0.717) is 30.4 Å². The van der Waals surface area contributed by atoms with Gasteiger partial charge in [0.15, 0.2) is 5.78 Å². The lowest BCUT2D eigenvalue weighted by Gasteiger charge is -2.32. The molecule has 0 N–H and O–H groups in total. The van der Waals surface area contributed by atoms with Crippen LogP contribution in [0.4, 0.5) is 0 Å². The van der Waals surface area contributed by atoms with Crippen LogP contribution in [0.1, 0.15) is 47.2 Å². The minimum Gasteiger partial charge on any atom is -0.419 e. The molecule has 0 aromatic heterocycles. The lowest BCUT2D eigenvalue weighted by Crippen LogP contribution is -2.44. The second kappa shape index (κ2) is 7.43. The van der Waals surface area contributed by atoms with Crippen molar-refractivity contribution in [2.45, 2.75) is 37.9 Å². The summed E-state index contributed by atoms with van der Waals surface area (Å²) >= 11 is 0. The predicted molar refractivity (Wildman–Crippen MR) is 101 cm³/mol. The largest absolute Gasteiger partial charge is 0.419 e. The molecule has 1 saturated carbocycles. The van der Waals surface area contributed by atoms with E-state index in [2.05, 4.69) is 0 Å². The van der Waals surface area contributed by atoms with E-state index in [9.17, 15) is 14.4 Å². The summed E-state index contributed by atoms with van der Waals surface area (Å²) in [6.45, 7) is 0. The molecule has 0 unspecified atom stereocenters. The van der Waals surface area contributed by atoms with Crippen LogP contribution in [0.5, 0.6) is 0 Å². The highest BCUT2D eigenvalue weighted by atomic mass is 16.7. The molecule has 28 heavy (non-hydrogen) atoms. The highest BCUT2D eigenvalue weighted by Crippen LogP contribution is 2.38. The van der Waals surface area contributed by atoms with E-state index >= 15 is 0 Å². The van der Waals surface area contributed by atoms with Crippen LogP contribution < -0.4 is 0 Å². The number of ketones is 1. The van der Waals surface area contributed by atoms with E-state index in [0.717, 1.165) is 18.4 Å². The van der Waals surface area contributed by atoms with Gasteiger partial charge in [0.05, 0.1) is 0 Å². The minimum atomic E-state index is -1.05. The molecule has 1 spiro atoms. The van der Waals surface area contributed by atoms with Gasteiger partial charge in [0.2, 0.25) is 0 Å². The van der Waals surface area contributed by atoms with Crippen molar-refractivity contribution in [2.24, 2.45) is 0 Å². The zero-order valence-corrected chi connectivity index (χ0v) is 15.4. The van der Waals surface area contributed by atoms with Gasteiger partial charge in [0, 0.05) is 24.0 Å². The summed E-state index contributed by atoms with van der Waals surface area (Å²) in [5.41, 5.74) is 2.02. The van der Waals surface area contributed by atoms with Crippen molar-refractivity contribution in [1.29, 1.82) is 0 Å². The van der Waals surface area contributed by atoms with Gasteiger partial charge in [0.1, 0.15) is 5.57 Å². The molecule has 0 bridgehead atoms. The molecule has 1 saturated heterocycles. The Balaban J connectivity index is 1.44. The van der Waals surface area contributed by atoms with Crippen molar-refractivity contribution in [3.63, 3.8) is 0 Å². The first-order valence-corrected chi connectivity index (χ1v) is 9.42. The predicted octanol–water partition coefficient (Wildman–Crippen LogP) is 3.76. The first kappa shape index (κ1) is 18.2. The number of benzene rings is 2. The first-order chi connectivity index (χ1) is 13.6. The Morgan fingerprint density at radius 1 is 0.857 bits per heavy atom. The van der Waals surface area contributed by atoms with Crippen molar-refractivity contribution >= 4 is 17.7 Å². The minimum absolute atomic E-state index is 0.0493. The number of ether oxygens (including phenoxy) is 2. The van der Waals surface area contributed by atoms with E-state index in [4.69, 9.17) is 9.47 Å². The summed E-state index contributed by atoms with van der Waals surface area (Å²) < 4.78 is 10.8. The fourth-order valence-electron chi connectivity index (χ4n) is 3.60. The normalized spacial score (nSPS) is 17.9. The van der Waals surface area contributed by atoms with Crippen molar-refractivity contribution < 1.29 is 23.9 Å². The summed E-state index contributed by atoms with van der Waals surface area (Å²) in [7, 11) is 0. The molecule has 1 heterocycles. The number of hydrogen-bond donors (Lipinski definition) is 0. The van der Waals surface area contributed by atoms with Crippen molar-refractivity contribution in [3.8, 4) is 0 Å². The maximum absolute atomic E-state index is 12.4. The van der Waals surface area contributed by atoms with Crippen molar-refractivity contribution in [2.75, 3.05) is 0 Å². The number of carbonyl (C=O) groups excluding carboxylic acids is 3. The zero-order chi connectivity index (χ0) is 19.6. The molecule has 0 atom stereocenters. The van der Waals surface area contributed by atoms with Crippen LogP contribution in [-0.4, -0.2) is 23.5 Å². The van der Waals surface area contributed by atoms with Crippen LogP contribution >= 0.6 is 0 Å². The lowest BCUT2D eigenvalue weighted by molar-refractivity contribution is -0.232. The van der Waals surface area contributed by atoms with Crippen molar-refractivity contribution in [3.05, 3.63) is 82.9 Å². The van der Waals surface area contributed by atoms with Gasteiger partial charge in [-0.05, 0) is 24.8 Å². The smallest absolute Gasteiger partial charge is 0.348 e. The van der Waals surface area contributed by atoms with Crippen LogP contribution in [0.25, 0.3) is 0 Å². The molecule has 1 aliphatic carbocycles. The zero-order valence-electron chi connectivity index (χ0n) is 15.4. The quantitative estimate of drug-likeness (QED) is 0.352. The molecule has 5 nitrogen and oxygen atoms in total. The Labute approximate surface area is 163 Å². The summed E-state index contributed by atoms with van der Waals surface area (Å²) in [5.74, 6) is -2.33. The fraction of sp³-hybridized carbons (Fsp3) is 0.261. The Morgan fingerprint density at radius 3 is 2.04 bits per heavy atom. The van der Waals surface area contributed by atoms with Gasteiger partial charge in [-0.3, -0.25) is 4.79 Å². The summed E-state index contributed by atoms with van der Waals surface area (Å²) in [6.07, 6.45) is 4.79. The Hall–Kier alpha value is -3.21. The van der Waals surface area contributed by atoms with Crippen LogP contribution in [0.3, 0.4) is 0 Å². The van der Waals surface area contributed by atoms with E-state index in [1.165, 1.54) is 6.08 Å². The maximum Gasteiger partial charge on any atom is 0.348 e. The standard InChI is InChI=1S/C23H20O5/c24-20(17-6-2-1-3-7-17)18-11-8-16(9-12-18)10-13-19-21(25)27-23(28-22(19)26)14-4-5-15-23/h1-3,6-9,11-13H,4-5,10,14-15H2.